The Morgan fingerprint density at radius 1 is 1.14 bits per heavy atom. The predicted octanol–water partition coefficient (Wildman–Crippen LogP) is 2.29. The van der Waals surface area contributed by atoms with Crippen molar-refractivity contribution in [1.29, 1.82) is 0 Å². The maximum atomic E-state index is 12.1. The van der Waals surface area contributed by atoms with Gasteiger partial charge in [0.05, 0.1) is 10.4 Å². The van der Waals surface area contributed by atoms with E-state index in [0.29, 0.717) is 15.3 Å². The van der Waals surface area contributed by atoms with Crippen molar-refractivity contribution in [2.75, 3.05) is 6.54 Å². The molecule has 0 radical (unpaired) electrons. The van der Waals surface area contributed by atoms with Gasteiger partial charge in [-0.25, -0.2) is 0 Å². The SMILES string of the molecule is NC(=O)CCNC(=O)c1ccccc1SC(=O)c1cccs1. The van der Waals surface area contributed by atoms with Crippen LogP contribution in [0.25, 0.3) is 0 Å². The Hall–Kier alpha value is -2.12. The number of hydrogen-bond acceptors (Lipinski definition) is 5. The minimum absolute atomic E-state index is 0.0785. The number of carbonyl (C=O) groups is 3. The average molecular weight is 334 g/mol. The third-order valence-electron chi connectivity index (χ3n) is 2.71. The summed E-state index contributed by atoms with van der Waals surface area (Å²) in [5, 5.41) is 4.34. The van der Waals surface area contributed by atoms with Gasteiger partial charge < -0.3 is 11.1 Å². The van der Waals surface area contributed by atoms with Crippen LogP contribution in [-0.2, 0) is 4.79 Å². The molecule has 2 aromatic rings. The normalized spacial score (nSPS) is 10.2. The van der Waals surface area contributed by atoms with Crippen LogP contribution in [0.3, 0.4) is 0 Å². The third kappa shape index (κ3) is 4.44. The molecule has 0 unspecified atom stereocenters. The highest BCUT2D eigenvalue weighted by Gasteiger charge is 2.16. The lowest BCUT2D eigenvalue weighted by molar-refractivity contribution is -0.117. The van der Waals surface area contributed by atoms with Crippen molar-refractivity contribution in [3.05, 3.63) is 52.2 Å². The molecule has 0 aliphatic carbocycles. The van der Waals surface area contributed by atoms with Gasteiger partial charge in [0, 0.05) is 17.9 Å². The first-order valence-electron chi connectivity index (χ1n) is 6.49. The van der Waals surface area contributed by atoms with Gasteiger partial charge in [0.25, 0.3) is 5.91 Å². The number of thiophene rings is 1. The van der Waals surface area contributed by atoms with Gasteiger partial charge in [0.2, 0.25) is 11.0 Å². The molecule has 0 fully saturated rings. The topological polar surface area (TPSA) is 89.3 Å². The molecule has 1 aromatic carbocycles. The van der Waals surface area contributed by atoms with Crippen LogP contribution in [-0.4, -0.2) is 23.5 Å². The molecule has 3 N–H and O–H groups in total. The zero-order valence-electron chi connectivity index (χ0n) is 11.6. The Morgan fingerprint density at radius 2 is 1.91 bits per heavy atom. The fourth-order valence-corrected chi connectivity index (χ4v) is 3.29. The molecule has 7 heteroatoms. The summed E-state index contributed by atoms with van der Waals surface area (Å²) in [6, 6.07) is 10.4. The Kier molecular flexibility index (Phi) is 5.74. The van der Waals surface area contributed by atoms with E-state index in [2.05, 4.69) is 5.32 Å². The molecule has 0 spiro atoms. The molecule has 114 valence electrons. The van der Waals surface area contributed by atoms with Crippen molar-refractivity contribution in [2.45, 2.75) is 11.3 Å². The summed E-state index contributed by atoms with van der Waals surface area (Å²) in [5.74, 6) is -0.806. The lowest BCUT2D eigenvalue weighted by Crippen LogP contribution is -2.28. The first-order valence-corrected chi connectivity index (χ1v) is 8.19. The second kappa shape index (κ2) is 7.77. The molecule has 0 bridgehead atoms. The molecule has 0 saturated carbocycles. The van der Waals surface area contributed by atoms with Crippen LogP contribution in [0.1, 0.15) is 26.5 Å². The van der Waals surface area contributed by atoms with E-state index in [1.54, 1.807) is 36.4 Å². The van der Waals surface area contributed by atoms with Crippen molar-refractivity contribution < 1.29 is 14.4 Å². The number of amides is 2. The zero-order chi connectivity index (χ0) is 15.9. The lowest BCUT2D eigenvalue weighted by Gasteiger charge is -2.08. The summed E-state index contributed by atoms with van der Waals surface area (Å²) in [4.78, 5) is 36.2. The second-order valence-electron chi connectivity index (χ2n) is 4.34. The van der Waals surface area contributed by atoms with Crippen molar-refractivity contribution in [2.24, 2.45) is 5.73 Å². The van der Waals surface area contributed by atoms with Gasteiger partial charge in [0.15, 0.2) is 0 Å². The standard InChI is InChI=1S/C15H14N2O3S2/c16-13(18)7-8-17-14(19)10-4-1-2-5-11(10)22-15(20)12-6-3-9-21-12/h1-6,9H,7-8H2,(H2,16,18)(H,17,19). The fourth-order valence-electron chi connectivity index (χ4n) is 1.68. The van der Waals surface area contributed by atoms with E-state index < -0.39 is 5.91 Å². The first-order chi connectivity index (χ1) is 10.6. The van der Waals surface area contributed by atoms with Crippen LogP contribution < -0.4 is 11.1 Å². The Bertz CT molecular complexity index is 684. The number of nitrogens with two attached hydrogens (primary N) is 1. The van der Waals surface area contributed by atoms with E-state index in [1.165, 1.54) is 11.3 Å². The average Bonchev–Trinajstić information content (AvgIpc) is 3.01. The molecule has 0 saturated heterocycles. The molecule has 0 atom stereocenters. The smallest absolute Gasteiger partial charge is 0.252 e. The molecule has 2 rings (SSSR count). The van der Waals surface area contributed by atoms with E-state index in [4.69, 9.17) is 5.73 Å². The lowest BCUT2D eigenvalue weighted by atomic mass is 10.2. The quantitative estimate of drug-likeness (QED) is 0.793. The van der Waals surface area contributed by atoms with Gasteiger partial charge in [-0.2, -0.15) is 0 Å². The summed E-state index contributed by atoms with van der Waals surface area (Å²) in [5.41, 5.74) is 5.43. The number of thioether (sulfide) groups is 1. The van der Waals surface area contributed by atoms with E-state index >= 15 is 0 Å². The van der Waals surface area contributed by atoms with Gasteiger partial charge in [0.1, 0.15) is 0 Å². The number of benzene rings is 1. The molecule has 22 heavy (non-hydrogen) atoms. The summed E-state index contributed by atoms with van der Waals surface area (Å²) < 4.78 is 0. The van der Waals surface area contributed by atoms with Crippen molar-refractivity contribution in [3.8, 4) is 0 Å². The monoisotopic (exact) mass is 334 g/mol. The van der Waals surface area contributed by atoms with E-state index in [-0.39, 0.29) is 24.0 Å². The van der Waals surface area contributed by atoms with E-state index in [0.717, 1.165) is 11.8 Å². The van der Waals surface area contributed by atoms with Gasteiger partial charge in [-0.1, -0.05) is 18.2 Å². The van der Waals surface area contributed by atoms with Gasteiger partial charge in [-0.05, 0) is 35.3 Å². The molecular formula is C15H14N2O3S2. The summed E-state index contributed by atoms with van der Waals surface area (Å²) in [7, 11) is 0. The number of nitrogens with one attached hydrogen (secondary N) is 1. The summed E-state index contributed by atoms with van der Waals surface area (Å²) in [6.07, 6.45) is 0.0785. The van der Waals surface area contributed by atoms with Gasteiger partial charge in [-0.3, -0.25) is 14.4 Å². The Balaban J connectivity index is 2.07. The molecule has 0 aliphatic rings. The zero-order valence-corrected chi connectivity index (χ0v) is 13.2. The van der Waals surface area contributed by atoms with Crippen LogP contribution in [0.15, 0.2) is 46.7 Å². The summed E-state index contributed by atoms with van der Waals surface area (Å²) in [6.45, 7) is 0.173. The van der Waals surface area contributed by atoms with Crippen molar-refractivity contribution in [3.63, 3.8) is 0 Å². The fraction of sp³-hybridized carbons (Fsp3) is 0.133. The number of carbonyl (C=O) groups excluding carboxylic acids is 3. The van der Waals surface area contributed by atoms with Crippen LogP contribution in [0.4, 0.5) is 0 Å². The van der Waals surface area contributed by atoms with Crippen LogP contribution in [0, 0.1) is 0 Å². The maximum absolute atomic E-state index is 12.1. The molecule has 5 nitrogen and oxygen atoms in total. The minimum atomic E-state index is -0.476. The highest BCUT2D eigenvalue weighted by molar-refractivity contribution is 8.14. The number of primary amides is 1. The largest absolute Gasteiger partial charge is 0.370 e. The number of rotatable bonds is 6. The molecule has 1 aromatic heterocycles. The maximum Gasteiger partial charge on any atom is 0.252 e. The molecular weight excluding hydrogens is 320 g/mol. The number of hydrogen-bond donors (Lipinski definition) is 2. The second-order valence-corrected chi connectivity index (χ2v) is 6.30. The van der Waals surface area contributed by atoms with Crippen LogP contribution in [0.5, 0.6) is 0 Å². The Labute approximate surface area is 135 Å². The molecule has 1 heterocycles. The van der Waals surface area contributed by atoms with E-state index in [9.17, 15) is 14.4 Å². The third-order valence-corrected chi connectivity index (χ3v) is 4.69. The minimum Gasteiger partial charge on any atom is -0.370 e. The highest BCUT2D eigenvalue weighted by atomic mass is 32.2. The Morgan fingerprint density at radius 3 is 2.59 bits per heavy atom. The van der Waals surface area contributed by atoms with Gasteiger partial charge >= 0.3 is 0 Å². The predicted molar refractivity (Wildman–Crippen MR) is 87.1 cm³/mol. The molecule has 0 aliphatic heterocycles. The van der Waals surface area contributed by atoms with E-state index in [1.807, 2.05) is 5.38 Å². The highest BCUT2D eigenvalue weighted by Crippen LogP contribution is 2.27. The van der Waals surface area contributed by atoms with Crippen molar-refractivity contribution in [1.82, 2.24) is 5.32 Å². The summed E-state index contributed by atoms with van der Waals surface area (Å²) >= 11 is 2.37. The van der Waals surface area contributed by atoms with Crippen LogP contribution >= 0.6 is 23.1 Å². The molecule has 2 amide bonds. The van der Waals surface area contributed by atoms with Crippen molar-refractivity contribution >= 4 is 40.0 Å². The van der Waals surface area contributed by atoms with Crippen LogP contribution in [0.2, 0.25) is 0 Å². The first kappa shape index (κ1) is 16.3. The van der Waals surface area contributed by atoms with Gasteiger partial charge in [-0.15, -0.1) is 11.3 Å².